The third-order valence-corrected chi connectivity index (χ3v) is 6.78. The van der Waals surface area contributed by atoms with E-state index in [0.717, 1.165) is 0 Å². The lowest BCUT2D eigenvalue weighted by Gasteiger charge is -2.58. The molecule has 4 aliphatic rings. The van der Waals surface area contributed by atoms with Gasteiger partial charge in [0.25, 0.3) is 0 Å². The highest BCUT2D eigenvalue weighted by atomic mass is 32.2. The average Bonchev–Trinajstić information content (AvgIpc) is 2.48. The van der Waals surface area contributed by atoms with Gasteiger partial charge in [-0.15, -0.1) is 0 Å². The van der Waals surface area contributed by atoms with E-state index in [9.17, 15) is 39.9 Å². The molecule has 0 spiro atoms. The molecule has 0 amide bonds. The average molecular weight is 412 g/mol. The van der Waals surface area contributed by atoms with Crippen LogP contribution in [0.5, 0.6) is 0 Å². The molecule has 0 aromatic carbocycles. The van der Waals surface area contributed by atoms with Gasteiger partial charge in [-0.25, -0.2) is 0 Å². The van der Waals surface area contributed by atoms with Gasteiger partial charge in [-0.2, -0.15) is 34.8 Å². The van der Waals surface area contributed by atoms with Crippen LogP contribution in [0.4, 0.5) is 26.3 Å². The van der Waals surface area contributed by atoms with Crippen molar-refractivity contribution < 1.29 is 49.2 Å². The molecule has 4 saturated carbocycles. The standard InChI is InChI=1S/C14H18F6O5S/c15-12(16,13(17,18)14(19,20)26(22,23)24)6-25-11-3-7-1-8(4-11)10(21)9(2-7)5-11/h7-10,21H,1-6H2,(H,22,23,24). The minimum Gasteiger partial charge on any atom is -0.393 e. The Labute approximate surface area is 145 Å². The Kier molecular flexibility index (Phi) is 4.42. The summed E-state index contributed by atoms with van der Waals surface area (Å²) in [5, 5.41) is 3.71. The number of halogens is 6. The Hall–Kier alpha value is -0.590. The lowest BCUT2D eigenvalue weighted by Crippen LogP contribution is -2.62. The largest absolute Gasteiger partial charge is 0.438 e. The highest BCUT2D eigenvalue weighted by Gasteiger charge is 2.77. The van der Waals surface area contributed by atoms with Crippen molar-refractivity contribution in [3.8, 4) is 0 Å². The molecular weight excluding hydrogens is 394 g/mol. The smallest absolute Gasteiger partial charge is 0.393 e. The number of hydrogen-bond donors (Lipinski definition) is 2. The van der Waals surface area contributed by atoms with Crippen molar-refractivity contribution in [3.63, 3.8) is 0 Å². The summed E-state index contributed by atoms with van der Waals surface area (Å²) in [5.41, 5.74) is -1.22. The highest BCUT2D eigenvalue weighted by molar-refractivity contribution is 7.87. The summed E-state index contributed by atoms with van der Waals surface area (Å²) < 4.78 is 115. The fourth-order valence-electron chi connectivity index (χ4n) is 4.81. The molecule has 0 radical (unpaired) electrons. The molecule has 4 aliphatic carbocycles. The first-order valence-electron chi connectivity index (χ1n) is 8.04. The monoisotopic (exact) mass is 412 g/mol. The summed E-state index contributed by atoms with van der Waals surface area (Å²) in [4.78, 5) is 0. The summed E-state index contributed by atoms with van der Waals surface area (Å²) >= 11 is 0. The Balaban J connectivity index is 1.77. The Morgan fingerprint density at radius 1 is 1.00 bits per heavy atom. The van der Waals surface area contributed by atoms with Gasteiger partial charge in [-0.3, -0.25) is 4.55 Å². The Morgan fingerprint density at radius 3 is 1.96 bits per heavy atom. The number of ether oxygens (including phenoxy) is 1. The van der Waals surface area contributed by atoms with Crippen molar-refractivity contribution in [3.05, 3.63) is 0 Å². The van der Waals surface area contributed by atoms with Gasteiger partial charge in [-0.1, -0.05) is 0 Å². The summed E-state index contributed by atoms with van der Waals surface area (Å²) in [6, 6.07) is 0. The molecule has 2 N–H and O–H groups in total. The van der Waals surface area contributed by atoms with E-state index in [1.807, 2.05) is 0 Å². The third kappa shape index (κ3) is 2.83. The van der Waals surface area contributed by atoms with Gasteiger partial charge in [-0.05, 0) is 49.9 Å². The van der Waals surface area contributed by atoms with Crippen molar-refractivity contribution in [1.82, 2.24) is 0 Å². The van der Waals surface area contributed by atoms with Crippen LogP contribution in [-0.2, 0) is 14.9 Å². The van der Waals surface area contributed by atoms with E-state index in [1.54, 1.807) is 0 Å². The molecule has 0 aromatic heterocycles. The maximum Gasteiger partial charge on any atom is 0.438 e. The Bertz CT molecular complexity index is 665. The number of aliphatic hydroxyl groups is 1. The zero-order valence-electron chi connectivity index (χ0n) is 13.3. The van der Waals surface area contributed by atoms with Crippen LogP contribution in [0, 0.1) is 17.8 Å². The summed E-state index contributed by atoms with van der Waals surface area (Å²) in [5.74, 6) is -12.3. The van der Waals surface area contributed by atoms with E-state index in [1.165, 1.54) is 0 Å². The van der Waals surface area contributed by atoms with E-state index >= 15 is 0 Å². The molecule has 12 heteroatoms. The van der Waals surface area contributed by atoms with Crippen molar-refractivity contribution in [2.45, 2.75) is 60.9 Å². The first-order valence-corrected chi connectivity index (χ1v) is 9.48. The lowest BCUT2D eigenvalue weighted by molar-refractivity contribution is -0.311. The lowest BCUT2D eigenvalue weighted by atomic mass is 9.53. The zero-order valence-corrected chi connectivity index (χ0v) is 14.2. The quantitative estimate of drug-likeness (QED) is 0.518. The maximum absolute atomic E-state index is 13.8. The molecule has 0 heterocycles. The predicted molar refractivity (Wildman–Crippen MR) is 74.6 cm³/mol. The third-order valence-electron chi connectivity index (χ3n) is 5.88. The molecule has 2 atom stereocenters. The van der Waals surface area contributed by atoms with E-state index in [4.69, 9.17) is 9.29 Å². The highest BCUT2D eigenvalue weighted by Crippen LogP contribution is 2.58. The van der Waals surface area contributed by atoms with Crippen molar-refractivity contribution in [2.75, 3.05) is 6.61 Å². The minimum atomic E-state index is -6.77. The zero-order chi connectivity index (χ0) is 19.8. The van der Waals surface area contributed by atoms with Crippen LogP contribution >= 0.6 is 0 Å². The van der Waals surface area contributed by atoms with Gasteiger partial charge in [0, 0.05) is 0 Å². The SMILES string of the molecule is O=S(=O)(O)C(F)(F)C(F)(F)C(F)(F)COC12CC3CC(C1)C(O)C(C3)C2. The topological polar surface area (TPSA) is 83.8 Å². The second-order valence-corrected chi connectivity index (χ2v) is 9.17. The fraction of sp³-hybridized carbons (Fsp3) is 1.00. The minimum absolute atomic E-state index is 0.0734. The van der Waals surface area contributed by atoms with Gasteiger partial charge in [0.15, 0.2) is 0 Å². The summed E-state index contributed by atoms with van der Waals surface area (Å²) in [6.07, 6.45) is 1.29. The van der Waals surface area contributed by atoms with E-state index in [0.29, 0.717) is 19.3 Å². The van der Waals surface area contributed by atoms with Crippen LogP contribution in [0.2, 0.25) is 0 Å². The second-order valence-electron chi connectivity index (χ2n) is 7.70. The molecule has 2 unspecified atom stereocenters. The summed E-state index contributed by atoms with van der Waals surface area (Å²) in [6.45, 7) is -2.12. The second kappa shape index (κ2) is 5.71. The number of hydrogen-bond acceptors (Lipinski definition) is 4. The van der Waals surface area contributed by atoms with Gasteiger partial charge in [0.2, 0.25) is 0 Å². The molecular formula is C14H18F6O5S. The van der Waals surface area contributed by atoms with Gasteiger partial charge < -0.3 is 9.84 Å². The van der Waals surface area contributed by atoms with E-state index in [-0.39, 0.29) is 30.6 Å². The maximum atomic E-state index is 13.8. The van der Waals surface area contributed by atoms with Crippen LogP contribution < -0.4 is 0 Å². The molecule has 5 nitrogen and oxygen atoms in total. The van der Waals surface area contributed by atoms with Crippen LogP contribution in [0.25, 0.3) is 0 Å². The molecule has 26 heavy (non-hydrogen) atoms. The molecule has 4 fully saturated rings. The molecule has 0 aromatic rings. The Morgan fingerprint density at radius 2 is 1.50 bits per heavy atom. The van der Waals surface area contributed by atoms with Gasteiger partial charge in [0.05, 0.1) is 11.7 Å². The molecule has 0 saturated heterocycles. The van der Waals surface area contributed by atoms with Crippen molar-refractivity contribution in [2.24, 2.45) is 17.8 Å². The number of aliphatic hydroxyl groups excluding tert-OH is 1. The van der Waals surface area contributed by atoms with Crippen LogP contribution in [0.1, 0.15) is 32.1 Å². The predicted octanol–water partition coefficient (Wildman–Crippen LogP) is 2.69. The van der Waals surface area contributed by atoms with Crippen LogP contribution in [-0.4, -0.2) is 53.5 Å². The molecule has 152 valence electrons. The molecule has 4 bridgehead atoms. The van der Waals surface area contributed by atoms with Crippen molar-refractivity contribution in [1.29, 1.82) is 0 Å². The van der Waals surface area contributed by atoms with Crippen LogP contribution in [0.3, 0.4) is 0 Å². The molecule has 4 rings (SSSR count). The fourth-order valence-corrected chi connectivity index (χ4v) is 5.28. The summed E-state index contributed by atoms with van der Waals surface area (Å²) in [7, 11) is -6.77. The van der Waals surface area contributed by atoms with E-state index < -0.39 is 45.5 Å². The van der Waals surface area contributed by atoms with E-state index in [2.05, 4.69) is 0 Å². The first-order chi connectivity index (χ1) is 11.6. The normalized spacial score (nSPS) is 38.0. The van der Waals surface area contributed by atoms with Gasteiger partial charge >= 0.3 is 27.2 Å². The van der Waals surface area contributed by atoms with Crippen LogP contribution in [0.15, 0.2) is 0 Å². The molecule has 0 aliphatic heterocycles. The van der Waals surface area contributed by atoms with Crippen molar-refractivity contribution >= 4 is 10.1 Å². The van der Waals surface area contributed by atoms with Gasteiger partial charge in [0.1, 0.15) is 6.61 Å². The number of alkyl halides is 6. The number of rotatable bonds is 6. The first kappa shape index (κ1) is 20.2.